The van der Waals surface area contributed by atoms with E-state index < -0.39 is 0 Å². The number of nitrogens with one attached hydrogen (secondary N) is 1. The van der Waals surface area contributed by atoms with Gasteiger partial charge in [-0.25, -0.2) is 0 Å². The third-order valence-electron chi connectivity index (χ3n) is 3.10. The van der Waals surface area contributed by atoms with Crippen LogP contribution in [0, 0.1) is 10.5 Å². The summed E-state index contributed by atoms with van der Waals surface area (Å²) in [7, 11) is 1.63. The molecule has 116 valence electrons. The van der Waals surface area contributed by atoms with Crippen LogP contribution in [0.1, 0.15) is 15.9 Å². The van der Waals surface area contributed by atoms with Crippen LogP contribution in [-0.4, -0.2) is 26.2 Å². The Kier molecular flexibility index (Phi) is 6.21. The molecule has 1 amide bonds. The van der Waals surface area contributed by atoms with Gasteiger partial charge in [0, 0.05) is 21.9 Å². The van der Waals surface area contributed by atoms with E-state index in [9.17, 15) is 4.79 Å². The molecule has 4 nitrogen and oxygen atoms in total. The van der Waals surface area contributed by atoms with Crippen LogP contribution >= 0.6 is 22.6 Å². The molecule has 0 unspecified atom stereocenters. The van der Waals surface area contributed by atoms with Crippen LogP contribution in [0.15, 0.2) is 42.5 Å². The van der Waals surface area contributed by atoms with Crippen molar-refractivity contribution in [3.8, 4) is 5.75 Å². The molecule has 0 fully saturated rings. The number of carbonyl (C=O) groups is 1. The maximum atomic E-state index is 12.2. The van der Waals surface area contributed by atoms with Gasteiger partial charge in [0.15, 0.2) is 0 Å². The van der Waals surface area contributed by atoms with Crippen LogP contribution in [-0.2, 0) is 4.74 Å². The lowest BCUT2D eigenvalue weighted by atomic mass is 10.1. The van der Waals surface area contributed by atoms with Gasteiger partial charge in [0.05, 0.1) is 6.61 Å². The molecule has 22 heavy (non-hydrogen) atoms. The first-order valence-electron chi connectivity index (χ1n) is 6.89. The second-order valence-electron chi connectivity index (χ2n) is 4.78. The zero-order chi connectivity index (χ0) is 15.9. The number of anilines is 1. The normalized spacial score (nSPS) is 10.3. The summed E-state index contributed by atoms with van der Waals surface area (Å²) >= 11 is 2.23. The maximum absolute atomic E-state index is 12.2. The lowest BCUT2D eigenvalue weighted by molar-refractivity contribution is 0.102. The summed E-state index contributed by atoms with van der Waals surface area (Å²) in [5.41, 5.74) is 2.55. The predicted octanol–water partition coefficient (Wildman–Crippen LogP) is 3.88. The third-order valence-corrected chi connectivity index (χ3v) is 4.26. The molecule has 0 aliphatic carbocycles. The van der Waals surface area contributed by atoms with Crippen molar-refractivity contribution in [2.24, 2.45) is 0 Å². The molecule has 1 N–H and O–H groups in total. The minimum absolute atomic E-state index is 0.119. The molecule has 0 radical (unpaired) electrons. The van der Waals surface area contributed by atoms with Crippen LogP contribution in [0.2, 0.25) is 0 Å². The highest BCUT2D eigenvalue weighted by Gasteiger charge is 2.07. The van der Waals surface area contributed by atoms with Gasteiger partial charge in [-0.3, -0.25) is 4.79 Å². The molecular weight excluding hydrogens is 393 g/mol. The van der Waals surface area contributed by atoms with Crippen LogP contribution in [0.25, 0.3) is 0 Å². The molecule has 0 aliphatic heterocycles. The number of rotatable bonds is 6. The number of hydrogen-bond donors (Lipinski definition) is 1. The van der Waals surface area contributed by atoms with Crippen molar-refractivity contribution in [1.29, 1.82) is 0 Å². The molecular formula is C17H18INO3. The van der Waals surface area contributed by atoms with E-state index in [2.05, 4.69) is 27.9 Å². The minimum Gasteiger partial charge on any atom is -0.491 e. The average Bonchev–Trinajstić information content (AvgIpc) is 2.52. The summed E-state index contributed by atoms with van der Waals surface area (Å²) < 4.78 is 11.5. The molecule has 0 atom stereocenters. The topological polar surface area (TPSA) is 47.6 Å². The monoisotopic (exact) mass is 411 g/mol. The molecule has 2 rings (SSSR count). The number of methoxy groups -OCH3 is 1. The Balaban J connectivity index is 1.97. The van der Waals surface area contributed by atoms with Crippen molar-refractivity contribution in [3.05, 3.63) is 57.2 Å². The van der Waals surface area contributed by atoms with Gasteiger partial charge in [-0.15, -0.1) is 0 Å². The van der Waals surface area contributed by atoms with E-state index in [4.69, 9.17) is 9.47 Å². The number of halogens is 1. The number of carbonyl (C=O) groups excluding carboxylic acids is 1. The summed E-state index contributed by atoms with van der Waals surface area (Å²) in [5.74, 6) is 0.630. The van der Waals surface area contributed by atoms with E-state index in [0.717, 1.165) is 20.6 Å². The van der Waals surface area contributed by atoms with Crippen molar-refractivity contribution < 1.29 is 14.3 Å². The summed E-state index contributed by atoms with van der Waals surface area (Å²) in [4.78, 5) is 12.2. The largest absolute Gasteiger partial charge is 0.491 e. The summed E-state index contributed by atoms with van der Waals surface area (Å²) in [6.07, 6.45) is 0. The molecule has 0 aliphatic rings. The lowest BCUT2D eigenvalue weighted by Gasteiger charge is -2.09. The number of hydrogen-bond acceptors (Lipinski definition) is 3. The van der Waals surface area contributed by atoms with Gasteiger partial charge in [0.25, 0.3) is 5.91 Å². The van der Waals surface area contributed by atoms with Gasteiger partial charge in [-0.05, 0) is 71.5 Å². The summed E-state index contributed by atoms with van der Waals surface area (Å²) in [6, 6.07) is 12.9. The second kappa shape index (κ2) is 8.14. The Morgan fingerprint density at radius 3 is 2.50 bits per heavy atom. The Hall–Kier alpha value is -1.60. The number of amides is 1. The second-order valence-corrected chi connectivity index (χ2v) is 5.95. The number of ether oxygens (including phenoxy) is 2. The molecule has 0 saturated heterocycles. The molecule has 0 aromatic heterocycles. The molecule has 2 aromatic carbocycles. The van der Waals surface area contributed by atoms with E-state index >= 15 is 0 Å². The Morgan fingerprint density at radius 1 is 1.14 bits per heavy atom. The van der Waals surface area contributed by atoms with E-state index in [-0.39, 0.29) is 5.91 Å². The Bertz CT molecular complexity index is 641. The van der Waals surface area contributed by atoms with E-state index in [0.29, 0.717) is 18.8 Å². The summed E-state index contributed by atoms with van der Waals surface area (Å²) in [5, 5.41) is 2.88. The van der Waals surface area contributed by atoms with Crippen molar-refractivity contribution in [1.82, 2.24) is 0 Å². The lowest BCUT2D eigenvalue weighted by Crippen LogP contribution is -2.12. The van der Waals surface area contributed by atoms with Gasteiger partial charge in [0.2, 0.25) is 0 Å². The van der Waals surface area contributed by atoms with E-state index in [1.807, 2.05) is 49.4 Å². The molecule has 0 heterocycles. The third kappa shape index (κ3) is 4.71. The van der Waals surface area contributed by atoms with Crippen molar-refractivity contribution in [3.63, 3.8) is 0 Å². The van der Waals surface area contributed by atoms with Crippen LogP contribution < -0.4 is 10.1 Å². The van der Waals surface area contributed by atoms with Crippen molar-refractivity contribution >= 4 is 34.2 Å². The average molecular weight is 411 g/mol. The zero-order valence-corrected chi connectivity index (χ0v) is 14.7. The highest BCUT2D eigenvalue weighted by molar-refractivity contribution is 14.1. The molecule has 0 spiro atoms. The van der Waals surface area contributed by atoms with Gasteiger partial charge in [-0.1, -0.05) is 6.07 Å². The van der Waals surface area contributed by atoms with Gasteiger partial charge < -0.3 is 14.8 Å². The number of benzene rings is 2. The fraction of sp³-hybridized carbons (Fsp3) is 0.235. The molecule has 0 saturated carbocycles. The van der Waals surface area contributed by atoms with Crippen LogP contribution in [0.5, 0.6) is 5.75 Å². The van der Waals surface area contributed by atoms with E-state index in [1.54, 1.807) is 7.11 Å². The predicted molar refractivity (Wildman–Crippen MR) is 95.7 cm³/mol. The molecule has 2 aromatic rings. The Morgan fingerprint density at radius 2 is 1.86 bits per heavy atom. The Labute approximate surface area is 144 Å². The highest BCUT2D eigenvalue weighted by atomic mass is 127. The van der Waals surface area contributed by atoms with Gasteiger partial charge in [0.1, 0.15) is 12.4 Å². The van der Waals surface area contributed by atoms with Gasteiger partial charge in [-0.2, -0.15) is 0 Å². The van der Waals surface area contributed by atoms with Crippen molar-refractivity contribution in [2.75, 3.05) is 25.6 Å². The fourth-order valence-corrected chi connectivity index (χ4v) is 2.33. The molecule has 5 heteroatoms. The minimum atomic E-state index is -0.119. The number of aryl methyl sites for hydroxylation is 1. The first kappa shape index (κ1) is 16.8. The van der Waals surface area contributed by atoms with Crippen molar-refractivity contribution in [2.45, 2.75) is 6.92 Å². The summed E-state index contributed by atoms with van der Waals surface area (Å²) in [6.45, 7) is 3.07. The highest BCUT2D eigenvalue weighted by Crippen LogP contribution is 2.18. The van der Waals surface area contributed by atoms with Crippen LogP contribution in [0.4, 0.5) is 5.69 Å². The maximum Gasteiger partial charge on any atom is 0.255 e. The SMILES string of the molecule is COCCOc1ccc(NC(=O)c2ccc(C)c(I)c2)cc1. The first-order valence-corrected chi connectivity index (χ1v) is 7.97. The molecule has 0 bridgehead atoms. The quantitative estimate of drug-likeness (QED) is 0.580. The standard InChI is InChI=1S/C17H18INO3/c1-12-3-4-13(11-16(12)18)17(20)19-14-5-7-15(8-6-14)22-10-9-21-2/h3-8,11H,9-10H2,1-2H3,(H,19,20). The van der Waals surface area contributed by atoms with E-state index in [1.165, 1.54) is 0 Å². The van der Waals surface area contributed by atoms with Crippen LogP contribution in [0.3, 0.4) is 0 Å². The fourth-order valence-electron chi connectivity index (χ4n) is 1.81. The zero-order valence-electron chi connectivity index (χ0n) is 12.6. The van der Waals surface area contributed by atoms with Gasteiger partial charge >= 0.3 is 0 Å². The smallest absolute Gasteiger partial charge is 0.255 e. The first-order chi connectivity index (χ1) is 10.6.